The molecule has 0 amide bonds. The number of benzene rings is 5. The van der Waals surface area contributed by atoms with Crippen LogP contribution in [0.15, 0.2) is 149 Å². The van der Waals surface area contributed by atoms with Gasteiger partial charge in [-0.15, -0.1) is 45.3 Å². The Morgan fingerprint density at radius 1 is 0.330 bits per heavy atom. The number of carboxylic acids is 4. The van der Waals surface area contributed by atoms with Crippen molar-refractivity contribution in [2.24, 2.45) is 0 Å². The normalized spacial score (nSPS) is 10.7. The third kappa shape index (κ3) is 21.5. The zero-order valence-electron chi connectivity index (χ0n) is 66.0. The van der Waals surface area contributed by atoms with Crippen LogP contribution in [0.3, 0.4) is 0 Å². The Hall–Kier alpha value is -12.4. The summed E-state index contributed by atoms with van der Waals surface area (Å²) in [6.45, 7) is 16.6. The molecule has 0 saturated carbocycles. The average Bonchev–Trinajstić information content (AvgIpc) is 1.75. The summed E-state index contributed by atoms with van der Waals surface area (Å²) in [7, 11) is 8.08. The predicted octanol–water partition coefficient (Wildman–Crippen LogP) is 20.2. The molecule has 29 heteroatoms. The number of carboxylic acid groups (broad SMARTS) is 4. The summed E-state index contributed by atoms with van der Waals surface area (Å²) in [4.78, 5) is 82.5. The van der Waals surface area contributed by atoms with Gasteiger partial charge < -0.3 is 65.4 Å². The molecule has 8 N–H and O–H groups in total. The summed E-state index contributed by atoms with van der Waals surface area (Å²) in [5.74, 6) is 2.30. The number of methoxy groups -OCH3 is 5. The Morgan fingerprint density at radius 2 is 0.643 bits per heavy atom. The van der Waals surface area contributed by atoms with Gasteiger partial charge in [0.05, 0.1) is 64.3 Å². The number of aliphatic carboxylic acids is 1. The van der Waals surface area contributed by atoms with Gasteiger partial charge in [0.2, 0.25) is 0 Å². The second-order valence-electron chi connectivity index (χ2n) is 25.5. The van der Waals surface area contributed by atoms with Crippen LogP contribution in [0.2, 0.25) is 0 Å². The number of aromatic carboxylic acids is 3. The number of hydrogen-bond donors (Lipinski definition) is 8. The second-order valence-corrected chi connectivity index (χ2v) is 29.0. The average molecular weight is 1630 g/mol. The van der Waals surface area contributed by atoms with Gasteiger partial charge in [-0.25, -0.2) is 54.3 Å². The van der Waals surface area contributed by atoms with E-state index in [1.165, 1.54) is 64.6 Å². The number of aryl methyl sites for hydroxylation is 4. The summed E-state index contributed by atoms with van der Waals surface area (Å²) in [6, 6.07) is 37.4. The Kier molecular flexibility index (Phi) is 29.8. The second kappa shape index (κ2) is 40.3. The number of nitrogens with zero attached hydrogens (tertiary/aromatic N) is 8. The fourth-order valence-corrected chi connectivity index (χ4v) is 15.2. The van der Waals surface area contributed by atoms with Crippen molar-refractivity contribution in [3.8, 4) is 71.6 Å². The summed E-state index contributed by atoms with van der Waals surface area (Å²) in [6.07, 6.45) is 6.38. The van der Waals surface area contributed by atoms with Crippen molar-refractivity contribution in [2.45, 2.75) is 113 Å². The standard InChI is InChI=1S/C24H23N3O3S.C21H23N3O4S.C21H23N3O3S.C20H21N3O3S/c1-4-19-20(5-2)26-22(17-12-21(30-3)31-13-17)27-23(19)25-18-9-8-14-10-16(24(28)29)7-6-15(14)11-18;1-5-14-15(6-2)22-19(13-10-18(28-4)29-11-13)24-20(14)23-16-8-7-12(21(25)26)9-17(16)27-3;1-4-16-17(5-2)23-20(14-11-19(27-3)28-12-14)24-21(16)22-15-8-6-13(7-9-15)10-18(25)26;1-4-15-16(5-2)22-18(13-10-17(26-3)27-11-13)23-19(15)21-14-8-6-12(7-9-14)20(24)25/h6-13H,4-5H2,1-3H3,(H,28,29)(H,25,26,27);7-11H,5-6H2,1-4H3,(H,25,26)(H,22,23,24);6-9,11-12H,4-5,10H2,1-3H3,(H,25,26)(H,22,23,24);6-11H,4-5H2,1-3H3,(H,24,25)(H,21,22,23). The van der Waals surface area contributed by atoms with Crippen LogP contribution in [0.5, 0.6) is 26.0 Å². The lowest BCUT2D eigenvalue weighted by Gasteiger charge is -2.16. The van der Waals surface area contributed by atoms with Crippen LogP contribution in [0.1, 0.15) is 137 Å². The van der Waals surface area contributed by atoms with Gasteiger partial charge >= 0.3 is 23.9 Å². The molecule has 0 radical (unpaired) electrons. The number of hydrogen-bond acceptors (Lipinski definition) is 25. The Balaban J connectivity index is 0.000000162. The van der Waals surface area contributed by atoms with Gasteiger partial charge in [0.1, 0.15) is 29.0 Å². The van der Waals surface area contributed by atoms with Crippen molar-refractivity contribution in [3.05, 3.63) is 216 Å². The van der Waals surface area contributed by atoms with E-state index in [0.29, 0.717) is 40.6 Å². The first-order valence-electron chi connectivity index (χ1n) is 37.1. The topological polar surface area (TPSA) is 347 Å². The highest BCUT2D eigenvalue weighted by Gasteiger charge is 2.22. The van der Waals surface area contributed by atoms with Crippen LogP contribution in [-0.2, 0) is 62.6 Å². The smallest absolute Gasteiger partial charge is 0.335 e. The van der Waals surface area contributed by atoms with Crippen LogP contribution in [-0.4, -0.2) is 120 Å². The molecule has 0 bridgehead atoms. The fourth-order valence-electron chi connectivity index (χ4n) is 12.4. The third-order valence-corrected chi connectivity index (χ3v) is 21.8. The highest BCUT2D eigenvalue weighted by Crippen LogP contribution is 2.39. The highest BCUT2D eigenvalue weighted by molar-refractivity contribution is 7.13. The molecule has 8 heterocycles. The molecule has 13 rings (SSSR count). The lowest BCUT2D eigenvalue weighted by atomic mass is 10.1. The molecule has 596 valence electrons. The highest BCUT2D eigenvalue weighted by atomic mass is 32.1. The van der Waals surface area contributed by atoms with E-state index in [1.807, 2.05) is 94.3 Å². The van der Waals surface area contributed by atoms with Crippen molar-refractivity contribution >= 4 is 126 Å². The maximum absolute atomic E-state index is 11.2. The van der Waals surface area contributed by atoms with Crippen LogP contribution in [0.25, 0.3) is 56.3 Å². The fraction of sp³-hybridized carbons (Fsp3) is 0.256. The van der Waals surface area contributed by atoms with Gasteiger partial charge in [-0.3, -0.25) is 4.79 Å². The number of ether oxygens (including phenoxy) is 5. The molecule has 0 aliphatic heterocycles. The van der Waals surface area contributed by atoms with Crippen molar-refractivity contribution in [1.82, 2.24) is 39.9 Å². The SMILES string of the molecule is CCc1nc(-c2csc(OC)c2)nc(Nc2ccc(C(=O)O)cc2)c1CC.CCc1nc(-c2csc(OC)c2)nc(Nc2ccc(C(=O)O)cc2OC)c1CC.CCc1nc(-c2csc(OC)c2)nc(Nc2ccc(CC(=O)O)cc2)c1CC.CCc1nc(-c2csc(OC)c2)nc(Nc2ccc3cc(C(=O)O)ccc3c2)c1CC. The first kappa shape index (κ1) is 85.0. The summed E-state index contributed by atoms with van der Waals surface area (Å²) < 4.78 is 26.6. The van der Waals surface area contributed by atoms with Gasteiger partial charge in [0, 0.05) is 130 Å². The van der Waals surface area contributed by atoms with Gasteiger partial charge in [0.25, 0.3) is 0 Å². The molecular formula is C86H90N12O13S4. The number of aromatic nitrogens is 8. The number of rotatable bonds is 30. The van der Waals surface area contributed by atoms with E-state index in [-0.39, 0.29) is 23.1 Å². The first-order valence-corrected chi connectivity index (χ1v) is 40.6. The van der Waals surface area contributed by atoms with E-state index in [4.69, 9.17) is 73.8 Å². The molecule has 25 nitrogen and oxygen atoms in total. The van der Waals surface area contributed by atoms with E-state index >= 15 is 0 Å². The Bertz CT molecular complexity index is 5570. The number of carbonyl (C=O) groups is 4. The number of fused-ring (bicyclic) bond motifs is 1. The van der Waals surface area contributed by atoms with Gasteiger partial charge in [0.15, 0.2) is 43.6 Å². The number of thiophene rings is 4. The predicted molar refractivity (Wildman–Crippen MR) is 458 cm³/mol. The first-order chi connectivity index (χ1) is 55.6. The van der Waals surface area contributed by atoms with Gasteiger partial charge in [-0.1, -0.05) is 79.7 Å². The van der Waals surface area contributed by atoms with E-state index in [1.54, 1.807) is 70.9 Å². The van der Waals surface area contributed by atoms with E-state index in [9.17, 15) is 29.4 Å². The Morgan fingerprint density at radius 3 is 0.974 bits per heavy atom. The van der Waals surface area contributed by atoms with Crippen LogP contribution in [0.4, 0.5) is 46.0 Å². The summed E-state index contributed by atoms with van der Waals surface area (Å²) in [5.41, 5.74) is 16.5. The van der Waals surface area contributed by atoms with Crippen molar-refractivity contribution in [2.75, 3.05) is 56.8 Å². The molecule has 13 aromatic rings. The van der Waals surface area contributed by atoms with Crippen LogP contribution < -0.4 is 45.0 Å². The third-order valence-electron chi connectivity index (χ3n) is 18.3. The van der Waals surface area contributed by atoms with E-state index in [2.05, 4.69) is 76.7 Å². The molecule has 0 unspecified atom stereocenters. The molecule has 0 aliphatic carbocycles. The quantitative estimate of drug-likeness (QED) is 0.0207. The lowest BCUT2D eigenvalue weighted by Crippen LogP contribution is -2.08. The lowest BCUT2D eigenvalue weighted by molar-refractivity contribution is -0.136. The number of nitrogens with one attached hydrogen (secondary N) is 4. The van der Waals surface area contributed by atoms with E-state index < -0.39 is 23.9 Å². The molecule has 0 saturated heterocycles. The maximum Gasteiger partial charge on any atom is 0.335 e. The zero-order valence-corrected chi connectivity index (χ0v) is 69.2. The zero-order chi connectivity index (χ0) is 82.4. The summed E-state index contributed by atoms with van der Waals surface area (Å²) in [5, 5.41) is 62.9. The molecule has 8 aromatic heterocycles. The molecule has 0 fully saturated rings. The van der Waals surface area contributed by atoms with E-state index in [0.717, 1.165) is 190 Å². The van der Waals surface area contributed by atoms with Gasteiger partial charge in [-0.2, -0.15) is 0 Å². The molecule has 115 heavy (non-hydrogen) atoms. The largest absolute Gasteiger partial charge is 0.495 e. The minimum absolute atomic E-state index is 0.0120. The minimum Gasteiger partial charge on any atom is -0.495 e. The maximum atomic E-state index is 11.2. The number of anilines is 8. The van der Waals surface area contributed by atoms with Crippen molar-refractivity contribution in [1.29, 1.82) is 0 Å². The molecule has 0 atom stereocenters. The van der Waals surface area contributed by atoms with Crippen molar-refractivity contribution in [3.63, 3.8) is 0 Å². The minimum atomic E-state index is -1.01. The molecule has 5 aromatic carbocycles. The molecule has 0 aliphatic rings. The summed E-state index contributed by atoms with van der Waals surface area (Å²) >= 11 is 6.02. The van der Waals surface area contributed by atoms with Crippen LogP contribution >= 0.6 is 45.3 Å². The van der Waals surface area contributed by atoms with Crippen molar-refractivity contribution < 1.29 is 63.3 Å². The molecular weight excluding hydrogens is 1540 g/mol. The van der Waals surface area contributed by atoms with Gasteiger partial charge in [-0.05, 0) is 147 Å². The Labute approximate surface area is 682 Å². The monoisotopic (exact) mass is 1630 g/mol. The van der Waals surface area contributed by atoms with Crippen LogP contribution in [0, 0.1) is 0 Å². The molecule has 0 spiro atoms.